The van der Waals surface area contributed by atoms with Crippen LogP contribution in [0.1, 0.15) is 11.4 Å². The van der Waals surface area contributed by atoms with Crippen molar-refractivity contribution in [1.29, 1.82) is 0 Å². The molecule has 5 nitrogen and oxygen atoms in total. The van der Waals surface area contributed by atoms with Crippen molar-refractivity contribution in [3.63, 3.8) is 0 Å². The van der Waals surface area contributed by atoms with Gasteiger partial charge in [-0.05, 0) is 0 Å². The summed E-state index contributed by atoms with van der Waals surface area (Å²) in [5.41, 5.74) is -1.25. The molecule has 0 spiro atoms. The third-order valence-corrected chi connectivity index (χ3v) is 2.27. The summed E-state index contributed by atoms with van der Waals surface area (Å²) < 4.78 is 42.1. The minimum Gasteiger partial charge on any atom is -0.443 e. The lowest BCUT2D eigenvalue weighted by molar-refractivity contribution is -0.141. The predicted octanol–water partition coefficient (Wildman–Crippen LogP) is 2.23. The average Bonchev–Trinajstić information content (AvgIpc) is 2.82. The predicted molar refractivity (Wildman–Crippen MR) is 50.0 cm³/mol. The van der Waals surface area contributed by atoms with Gasteiger partial charge in [-0.15, -0.1) is 0 Å². The van der Waals surface area contributed by atoms with Gasteiger partial charge in [0.05, 0.1) is 6.61 Å². The second-order valence-corrected chi connectivity index (χ2v) is 3.44. The molecule has 9 heteroatoms. The second-order valence-electron chi connectivity index (χ2n) is 3.06. The number of alkyl halides is 3. The molecule has 2 rings (SSSR count). The average molecular weight is 268 g/mol. The zero-order valence-electron chi connectivity index (χ0n) is 8.05. The maximum atomic E-state index is 12.4. The minimum atomic E-state index is -4.63. The fraction of sp³-hybridized carbons (Fsp3) is 0.250. The van der Waals surface area contributed by atoms with Crippen LogP contribution in [0, 0.1) is 0 Å². The monoisotopic (exact) mass is 267 g/mol. The van der Waals surface area contributed by atoms with Crippen LogP contribution in [0.4, 0.5) is 13.2 Å². The van der Waals surface area contributed by atoms with Crippen LogP contribution in [0.5, 0.6) is 0 Å². The molecule has 2 aromatic heterocycles. The number of aliphatic hydroxyl groups excluding tert-OH is 1. The molecule has 0 unspecified atom stereocenters. The van der Waals surface area contributed by atoms with Gasteiger partial charge in [0.15, 0.2) is 11.4 Å². The van der Waals surface area contributed by atoms with E-state index < -0.39 is 23.5 Å². The van der Waals surface area contributed by atoms with Gasteiger partial charge in [0.2, 0.25) is 5.89 Å². The van der Waals surface area contributed by atoms with Gasteiger partial charge in [0.25, 0.3) is 0 Å². The van der Waals surface area contributed by atoms with Gasteiger partial charge in [-0.25, -0.2) is 4.98 Å². The van der Waals surface area contributed by atoms with Crippen molar-refractivity contribution >= 4 is 11.6 Å². The first-order valence-corrected chi connectivity index (χ1v) is 4.68. The molecule has 0 amide bonds. The van der Waals surface area contributed by atoms with Gasteiger partial charge in [-0.3, -0.25) is 5.10 Å². The maximum Gasteiger partial charge on any atom is 0.434 e. The number of aromatic nitrogens is 3. The summed E-state index contributed by atoms with van der Waals surface area (Å²) in [6, 6.07) is 0. The van der Waals surface area contributed by atoms with Gasteiger partial charge in [0.1, 0.15) is 17.0 Å². The molecule has 2 N–H and O–H groups in total. The van der Waals surface area contributed by atoms with E-state index in [2.05, 4.69) is 10.1 Å². The van der Waals surface area contributed by atoms with Crippen LogP contribution in [-0.4, -0.2) is 20.3 Å². The van der Waals surface area contributed by atoms with Gasteiger partial charge >= 0.3 is 6.18 Å². The van der Waals surface area contributed by atoms with E-state index in [4.69, 9.17) is 21.1 Å². The van der Waals surface area contributed by atoms with Crippen LogP contribution >= 0.6 is 11.6 Å². The van der Waals surface area contributed by atoms with Crippen LogP contribution in [0.15, 0.2) is 10.7 Å². The summed E-state index contributed by atoms with van der Waals surface area (Å²) in [7, 11) is 0. The zero-order chi connectivity index (χ0) is 12.6. The summed E-state index contributed by atoms with van der Waals surface area (Å²) >= 11 is 5.52. The summed E-state index contributed by atoms with van der Waals surface area (Å²) in [4.78, 5) is 3.70. The Hall–Kier alpha value is -1.54. The Labute approximate surface area is 97.2 Å². The van der Waals surface area contributed by atoms with Gasteiger partial charge < -0.3 is 9.52 Å². The number of halogens is 4. The molecule has 0 radical (unpaired) electrons. The molecule has 17 heavy (non-hydrogen) atoms. The van der Waals surface area contributed by atoms with E-state index in [1.165, 1.54) is 0 Å². The molecule has 0 saturated carbocycles. The number of hydrogen-bond acceptors (Lipinski definition) is 4. The van der Waals surface area contributed by atoms with Gasteiger partial charge in [-0.1, -0.05) is 11.6 Å². The quantitative estimate of drug-likeness (QED) is 0.875. The molecule has 0 atom stereocenters. The molecule has 2 aromatic rings. The summed E-state index contributed by atoms with van der Waals surface area (Å²) in [6.07, 6.45) is -3.53. The molecular weight excluding hydrogens is 263 g/mol. The van der Waals surface area contributed by atoms with Gasteiger partial charge in [0, 0.05) is 0 Å². The molecule has 0 aliphatic heterocycles. The van der Waals surface area contributed by atoms with Crippen molar-refractivity contribution < 1.29 is 22.7 Å². The highest BCUT2D eigenvalue weighted by atomic mass is 35.5. The number of aliphatic hydroxyl groups is 1. The highest BCUT2D eigenvalue weighted by Gasteiger charge is 2.37. The number of oxazole rings is 1. The Morgan fingerprint density at radius 1 is 1.47 bits per heavy atom. The molecule has 0 aliphatic carbocycles. The van der Waals surface area contributed by atoms with Crippen molar-refractivity contribution in [3.05, 3.63) is 22.7 Å². The number of H-pyrrole nitrogens is 1. The molecule has 0 aromatic carbocycles. The summed E-state index contributed by atoms with van der Waals surface area (Å²) in [5, 5.41) is 13.3. The topological polar surface area (TPSA) is 74.9 Å². The molecule has 0 fully saturated rings. The molecule has 0 bridgehead atoms. The minimum absolute atomic E-state index is 0.174. The molecule has 92 valence electrons. The Morgan fingerprint density at radius 2 is 2.18 bits per heavy atom. The van der Waals surface area contributed by atoms with Crippen molar-refractivity contribution in [1.82, 2.24) is 15.2 Å². The standard InChI is InChI=1S/C8H5ClF3N3O2/c9-4-5(7-13-3(1-16)2-17-7)14-15-6(4)8(10,11)12/h2,16H,1H2,(H,14,15). The van der Waals surface area contributed by atoms with Crippen molar-refractivity contribution in [2.75, 3.05) is 0 Å². The third-order valence-electron chi connectivity index (χ3n) is 1.91. The van der Waals surface area contributed by atoms with E-state index in [1.807, 2.05) is 0 Å². The second kappa shape index (κ2) is 4.04. The molecule has 0 saturated heterocycles. The zero-order valence-corrected chi connectivity index (χ0v) is 8.80. The first kappa shape index (κ1) is 11.9. The fourth-order valence-corrected chi connectivity index (χ4v) is 1.42. The third kappa shape index (κ3) is 2.13. The first-order chi connectivity index (χ1) is 7.93. The lowest BCUT2D eigenvalue weighted by Gasteiger charge is -2.01. The van der Waals surface area contributed by atoms with Gasteiger partial charge in [-0.2, -0.15) is 18.3 Å². The summed E-state index contributed by atoms with van der Waals surface area (Å²) in [5.74, 6) is -0.189. The van der Waals surface area contributed by atoms with E-state index in [0.717, 1.165) is 6.26 Å². The van der Waals surface area contributed by atoms with Crippen molar-refractivity contribution in [2.24, 2.45) is 0 Å². The van der Waals surface area contributed by atoms with E-state index in [9.17, 15) is 13.2 Å². The lowest BCUT2D eigenvalue weighted by Crippen LogP contribution is -2.05. The van der Waals surface area contributed by atoms with Crippen LogP contribution in [0.2, 0.25) is 5.02 Å². The SMILES string of the molecule is OCc1coc(-c2n[nH]c(C(F)(F)F)c2Cl)n1. The summed E-state index contributed by atoms with van der Waals surface area (Å²) in [6.45, 7) is -0.391. The lowest BCUT2D eigenvalue weighted by atomic mass is 10.3. The Kier molecular flexibility index (Phi) is 2.84. The molecule has 2 heterocycles. The fourth-order valence-electron chi connectivity index (χ4n) is 1.15. The van der Waals surface area contributed by atoms with E-state index >= 15 is 0 Å². The molecular formula is C8H5ClF3N3O2. The van der Waals surface area contributed by atoms with Crippen molar-refractivity contribution in [2.45, 2.75) is 12.8 Å². The van der Waals surface area contributed by atoms with Crippen LogP contribution in [0.25, 0.3) is 11.6 Å². The number of rotatable bonds is 2. The smallest absolute Gasteiger partial charge is 0.434 e. The first-order valence-electron chi connectivity index (χ1n) is 4.30. The van der Waals surface area contributed by atoms with Crippen LogP contribution in [-0.2, 0) is 12.8 Å². The Bertz CT molecular complexity index is 534. The van der Waals surface area contributed by atoms with Crippen LogP contribution in [0.3, 0.4) is 0 Å². The number of nitrogens with zero attached hydrogens (tertiary/aromatic N) is 2. The highest BCUT2D eigenvalue weighted by Crippen LogP contribution is 2.37. The van der Waals surface area contributed by atoms with Crippen LogP contribution < -0.4 is 0 Å². The van der Waals surface area contributed by atoms with Crippen molar-refractivity contribution in [3.8, 4) is 11.6 Å². The van der Waals surface area contributed by atoms with E-state index in [1.54, 1.807) is 5.10 Å². The Morgan fingerprint density at radius 3 is 2.65 bits per heavy atom. The highest BCUT2D eigenvalue weighted by molar-refractivity contribution is 6.33. The Balaban J connectivity index is 2.44. The normalized spacial score (nSPS) is 12.1. The van der Waals surface area contributed by atoms with E-state index in [-0.39, 0.29) is 17.3 Å². The van der Waals surface area contributed by atoms with E-state index in [0.29, 0.717) is 0 Å². The maximum absolute atomic E-state index is 12.4. The molecule has 0 aliphatic rings. The number of aromatic amines is 1. The number of hydrogen-bond donors (Lipinski definition) is 2. The number of nitrogens with one attached hydrogen (secondary N) is 1. The largest absolute Gasteiger partial charge is 0.443 e.